The van der Waals surface area contributed by atoms with Crippen molar-refractivity contribution >= 4 is 22.7 Å². The smallest absolute Gasteiger partial charge is 0.335 e. The molecule has 2 unspecified atom stereocenters. The first-order chi connectivity index (χ1) is 11.0. The Morgan fingerprint density at radius 2 is 1.83 bits per heavy atom. The molecule has 0 radical (unpaired) electrons. The average molecular weight is 338 g/mol. The maximum absolute atomic E-state index is 12.3. The van der Waals surface area contributed by atoms with Gasteiger partial charge in [0.15, 0.2) is 0 Å². The Bertz CT molecular complexity index is 575. The fraction of sp³-hybridized carbons (Fsp3) is 0.529. The molecule has 0 aromatic heterocycles. The summed E-state index contributed by atoms with van der Waals surface area (Å²) in [5.74, 6) is -1.19. The van der Waals surface area contributed by atoms with Crippen LogP contribution in [0.25, 0.3) is 0 Å². The Labute approximate surface area is 138 Å². The summed E-state index contributed by atoms with van der Waals surface area (Å²) in [5.41, 5.74) is 0.926. The van der Waals surface area contributed by atoms with Gasteiger partial charge in [-0.05, 0) is 50.3 Å². The molecule has 2 rings (SSSR count). The van der Waals surface area contributed by atoms with E-state index in [2.05, 4.69) is 0 Å². The van der Waals surface area contributed by atoms with Gasteiger partial charge in [-0.25, -0.2) is 4.79 Å². The molecule has 0 bridgehead atoms. The standard InChI is InChI=1S/C17H22O5S/c1-12(17(20)22-15-5-3-2-4-6-15)23(21)11-13-7-9-14(10-8-13)16(18)19/h7-10,12,15H,2-6,11H2,1H3,(H,18,19). The van der Waals surface area contributed by atoms with Gasteiger partial charge in [-0.3, -0.25) is 9.00 Å². The molecule has 1 fully saturated rings. The number of aromatic carboxylic acids is 1. The Kier molecular flexibility index (Phi) is 6.33. The normalized spacial score (nSPS) is 18.1. The van der Waals surface area contributed by atoms with Crippen LogP contribution in [0.1, 0.15) is 54.9 Å². The molecule has 5 nitrogen and oxygen atoms in total. The summed E-state index contributed by atoms with van der Waals surface area (Å²) in [6.45, 7) is 1.62. The molecule has 126 valence electrons. The van der Waals surface area contributed by atoms with Crippen molar-refractivity contribution in [3.05, 3.63) is 35.4 Å². The number of carboxylic acids is 1. The molecule has 0 amide bonds. The first-order valence-electron chi connectivity index (χ1n) is 7.87. The van der Waals surface area contributed by atoms with Crippen LogP contribution in [0.3, 0.4) is 0 Å². The van der Waals surface area contributed by atoms with Crippen LogP contribution in [0.4, 0.5) is 0 Å². The fourth-order valence-electron chi connectivity index (χ4n) is 2.58. The number of hydrogen-bond acceptors (Lipinski definition) is 4. The maximum Gasteiger partial charge on any atom is 0.335 e. The van der Waals surface area contributed by atoms with Gasteiger partial charge in [0, 0.05) is 16.6 Å². The van der Waals surface area contributed by atoms with E-state index in [4.69, 9.17) is 9.84 Å². The zero-order valence-corrected chi connectivity index (χ0v) is 14.0. The van der Waals surface area contributed by atoms with Gasteiger partial charge in [0.25, 0.3) is 0 Å². The zero-order chi connectivity index (χ0) is 16.8. The number of carbonyl (C=O) groups is 2. The highest BCUT2D eigenvalue weighted by atomic mass is 32.2. The molecule has 1 aliphatic rings. The minimum absolute atomic E-state index is 0.0365. The lowest BCUT2D eigenvalue weighted by atomic mass is 9.98. The molecular weight excluding hydrogens is 316 g/mol. The lowest BCUT2D eigenvalue weighted by Crippen LogP contribution is -2.30. The number of esters is 1. The number of hydrogen-bond donors (Lipinski definition) is 1. The van der Waals surface area contributed by atoms with E-state index in [0.29, 0.717) is 0 Å². The molecule has 1 saturated carbocycles. The molecule has 23 heavy (non-hydrogen) atoms. The fourth-order valence-corrected chi connectivity index (χ4v) is 3.62. The number of benzene rings is 1. The summed E-state index contributed by atoms with van der Waals surface area (Å²) in [5, 5.41) is 8.17. The summed E-state index contributed by atoms with van der Waals surface area (Å²) in [7, 11) is -1.39. The van der Waals surface area contributed by atoms with Crippen LogP contribution in [0.5, 0.6) is 0 Å². The predicted octanol–water partition coefficient (Wildman–Crippen LogP) is 2.90. The van der Waals surface area contributed by atoms with Crippen molar-refractivity contribution in [3.8, 4) is 0 Å². The molecule has 2 atom stereocenters. The number of rotatable bonds is 6. The molecule has 0 aliphatic heterocycles. The van der Waals surface area contributed by atoms with Crippen molar-refractivity contribution in [2.75, 3.05) is 0 Å². The van der Waals surface area contributed by atoms with Gasteiger partial charge in [-0.1, -0.05) is 18.6 Å². The van der Waals surface area contributed by atoms with Gasteiger partial charge < -0.3 is 9.84 Å². The molecule has 1 N–H and O–H groups in total. The van der Waals surface area contributed by atoms with E-state index in [-0.39, 0.29) is 17.4 Å². The molecule has 6 heteroatoms. The molecule has 0 saturated heterocycles. The minimum Gasteiger partial charge on any atom is -0.478 e. The third kappa shape index (κ3) is 5.16. The number of carbonyl (C=O) groups excluding carboxylic acids is 1. The molecule has 1 aromatic rings. The van der Waals surface area contributed by atoms with Crippen molar-refractivity contribution in [2.24, 2.45) is 0 Å². The van der Waals surface area contributed by atoms with E-state index in [9.17, 15) is 13.8 Å². The van der Waals surface area contributed by atoms with Crippen molar-refractivity contribution in [2.45, 2.75) is 56.1 Å². The first kappa shape index (κ1) is 17.7. The van der Waals surface area contributed by atoms with Crippen LogP contribution in [0, 0.1) is 0 Å². The Balaban J connectivity index is 1.88. The quantitative estimate of drug-likeness (QED) is 0.807. The summed E-state index contributed by atoms with van der Waals surface area (Å²) in [6, 6.07) is 6.20. The van der Waals surface area contributed by atoms with Gasteiger partial charge in [0.2, 0.25) is 0 Å². The maximum atomic E-state index is 12.3. The first-order valence-corrected chi connectivity index (χ1v) is 9.25. The van der Waals surface area contributed by atoms with Crippen molar-refractivity contribution in [3.63, 3.8) is 0 Å². The predicted molar refractivity (Wildman–Crippen MR) is 87.7 cm³/mol. The Morgan fingerprint density at radius 3 is 2.39 bits per heavy atom. The van der Waals surface area contributed by atoms with Crippen molar-refractivity contribution in [1.82, 2.24) is 0 Å². The molecular formula is C17H22O5S. The summed E-state index contributed by atoms with van der Waals surface area (Å²) in [6.07, 6.45) is 5.08. The van der Waals surface area contributed by atoms with E-state index < -0.39 is 28.0 Å². The largest absolute Gasteiger partial charge is 0.478 e. The second-order valence-electron chi connectivity index (χ2n) is 5.87. The summed E-state index contributed by atoms with van der Waals surface area (Å²) < 4.78 is 17.8. The van der Waals surface area contributed by atoms with E-state index >= 15 is 0 Å². The van der Waals surface area contributed by atoms with Crippen LogP contribution in [-0.4, -0.2) is 32.6 Å². The van der Waals surface area contributed by atoms with Crippen LogP contribution in [0.2, 0.25) is 0 Å². The van der Waals surface area contributed by atoms with Gasteiger partial charge in [-0.15, -0.1) is 0 Å². The van der Waals surface area contributed by atoms with E-state index in [0.717, 1.165) is 31.2 Å². The highest BCUT2D eigenvalue weighted by molar-refractivity contribution is 7.85. The monoisotopic (exact) mass is 338 g/mol. The SMILES string of the molecule is CC(C(=O)OC1CCCCC1)S(=O)Cc1ccc(C(=O)O)cc1. The second-order valence-corrected chi connectivity index (χ2v) is 7.62. The van der Waals surface area contributed by atoms with Crippen molar-refractivity contribution in [1.29, 1.82) is 0 Å². The van der Waals surface area contributed by atoms with Gasteiger partial charge in [0.05, 0.1) is 5.56 Å². The van der Waals surface area contributed by atoms with Gasteiger partial charge in [-0.2, -0.15) is 0 Å². The zero-order valence-electron chi connectivity index (χ0n) is 13.2. The van der Waals surface area contributed by atoms with Crippen LogP contribution >= 0.6 is 0 Å². The Hall–Kier alpha value is -1.69. The molecule has 1 aliphatic carbocycles. The van der Waals surface area contributed by atoms with Crippen molar-refractivity contribution < 1.29 is 23.6 Å². The molecule has 0 heterocycles. The number of ether oxygens (including phenoxy) is 1. The summed E-state index contributed by atoms with van der Waals surface area (Å²) in [4.78, 5) is 22.9. The minimum atomic E-state index is -1.39. The molecule has 0 spiro atoms. The molecule has 1 aromatic carbocycles. The third-order valence-electron chi connectivity index (χ3n) is 4.07. The van der Waals surface area contributed by atoms with E-state index in [1.54, 1.807) is 19.1 Å². The van der Waals surface area contributed by atoms with Gasteiger partial charge >= 0.3 is 11.9 Å². The third-order valence-corrected chi connectivity index (χ3v) is 5.67. The lowest BCUT2D eigenvalue weighted by molar-refractivity contribution is -0.149. The Morgan fingerprint density at radius 1 is 1.22 bits per heavy atom. The average Bonchev–Trinajstić information content (AvgIpc) is 2.55. The highest BCUT2D eigenvalue weighted by Gasteiger charge is 2.25. The number of carboxylic acid groups (broad SMARTS) is 1. The van der Waals surface area contributed by atoms with Crippen LogP contribution in [-0.2, 0) is 26.1 Å². The van der Waals surface area contributed by atoms with E-state index in [1.165, 1.54) is 18.6 Å². The topological polar surface area (TPSA) is 80.7 Å². The second kappa shape index (κ2) is 8.24. The lowest BCUT2D eigenvalue weighted by Gasteiger charge is -2.23. The highest BCUT2D eigenvalue weighted by Crippen LogP contribution is 2.21. The van der Waals surface area contributed by atoms with Crippen LogP contribution < -0.4 is 0 Å². The van der Waals surface area contributed by atoms with E-state index in [1.807, 2.05) is 0 Å². The van der Waals surface area contributed by atoms with Crippen LogP contribution in [0.15, 0.2) is 24.3 Å². The van der Waals surface area contributed by atoms with Gasteiger partial charge in [0.1, 0.15) is 11.4 Å². The summed E-state index contributed by atoms with van der Waals surface area (Å²) >= 11 is 0.